The Morgan fingerprint density at radius 2 is 1.93 bits per heavy atom. The number of carbonyl (C=O) groups excluding carboxylic acids is 1. The number of carbonyl (C=O) groups is 2. The van der Waals surface area contributed by atoms with Gasteiger partial charge in [0.2, 0.25) is 0 Å². The van der Waals surface area contributed by atoms with Gasteiger partial charge in [-0.3, -0.25) is 9.59 Å². The molecule has 0 aromatic rings. The van der Waals surface area contributed by atoms with E-state index in [9.17, 15) is 9.59 Å². The van der Waals surface area contributed by atoms with E-state index >= 15 is 0 Å². The molecular weight excluding hydrogens is 222 g/mol. The normalized spacial score (nSPS) is 18.7. The molecule has 0 spiro atoms. The molecule has 1 aliphatic rings. The van der Waals surface area contributed by atoms with Crippen molar-refractivity contribution in [1.29, 1.82) is 0 Å². The van der Waals surface area contributed by atoms with E-state index in [0.29, 0.717) is 25.9 Å². The summed E-state index contributed by atoms with van der Waals surface area (Å²) in [5, 5.41) is 11.8. The Balaban J connectivity index is 0.00000196. The zero-order valence-corrected chi connectivity index (χ0v) is 9.43. The van der Waals surface area contributed by atoms with E-state index < -0.39 is 17.4 Å². The highest BCUT2D eigenvalue weighted by atomic mass is 35.5. The number of halogens is 1. The minimum Gasteiger partial charge on any atom is -0.481 e. The maximum absolute atomic E-state index is 11.5. The highest BCUT2D eigenvalue weighted by Gasteiger charge is 2.42. The Hall–Kier alpha value is -0.810. The van der Waals surface area contributed by atoms with E-state index in [4.69, 9.17) is 5.11 Å². The predicted octanol–water partition coefficient (Wildman–Crippen LogP) is 0.426. The van der Waals surface area contributed by atoms with Crippen molar-refractivity contribution in [3.63, 3.8) is 0 Å². The molecule has 0 aromatic heterocycles. The minimum absolute atomic E-state index is 0. The lowest BCUT2D eigenvalue weighted by atomic mass is 9.76. The molecule has 88 valence electrons. The fraction of sp³-hybridized carbons (Fsp3) is 0.778. The topological polar surface area (TPSA) is 75.6 Å². The van der Waals surface area contributed by atoms with E-state index in [1.165, 1.54) is 7.11 Å². The number of ether oxygens (including phenoxy) is 1. The summed E-state index contributed by atoms with van der Waals surface area (Å²) in [6, 6.07) is 0. The van der Waals surface area contributed by atoms with Crippen LogP contribution in [-0.4, -0.2) is 37.2 Å². The Morgan fingerprint density at radius 1 is 1.40 bits per heavy atom. The second kappa shape index (κ2) is 5.92. The zero-order chi connectivity index (χ0) is 10.6. The van der Waals surface area contributed by atoms with Crippen LogP contribution in [0.4, 0.5) is 0 Å². The lowest BCUT2D eigenvalue weighted by molar-refractivity contribution is -0.160. The maximum atomic E-state index is 11.5. The Labute approximate surface area is 94.6 Å². The number of carboxylic acid groups (broad SMARTS) is 1. The van der Waals surface area contributed by atoms with Crippen molar-refractivity contribution in [1.82, 2.24) is 5.32 Å². The number of hydrogen-bond acceptors (Lipinski definition) is 4. The summed E-state index contributed by atoms with van der Waals surface area (Å²) in [5.74, 6) is -1.35. The van der Waals surface area contributed by atoms with Crippen LogP contribution < -0.4 is 5.32 Å². The summed E-state index contributed by atoms with van der Waals surface area (Å²) in [6.07, 6.45) is 0.930. The summed E-state index contributed by atoms with van der Waals surface area (Å²) >= 11 is 0. The summed E-state index contributed by atoms with van der Waals surface area (Å²) in [6.45, 7) is 1.34. The number of piperidine rings is 1. The lowest BCUT2D eigenvalue weighted by Crippen LogP contribution is -2.44. The van der Waals surface area contributed by atoms with Crippen molar-refractivity contribution in [3.8, 4) is 0 Å². The summed E-state index contributed by atoms with van der Waals surface area (Å²) in [7, 11) is 1.30. The molecule has 0 amide bonds. The molecule has 15 heavy (non-hydrogen) atoms. The molecule has 0 radical (unpaired) electrons. The van der Waals surface area contributed by atoms with Crippen LogP contribution >= 0.6 is 12.4 Å². The predicted molar refractivity (Wildman–Crippen MR) is 56.1 cm³/mol. The number of rotatable bonds is 3. The second-order valence-electron chi connectivity index (χ2n) is 3.59. The monoisotopic (exact) mass is 237 g/mol. The van der Waals surface area contributed by atoms with Crippen molar-refractivity contribution < 1.29 is 19.4 Å². The molecule has 0 aliphatic carbocycles. The number of methoxy groups -OCH3 is 1. The van der Waals surface area contributed by atoms with Crippen molar-refractivity contribution in [3.05, 3.63) is 0 Å². The van der Waals surface area contributed by atoms with Gasteiger partial charge in [-0.1, -0.05) is 0 Å². The first-order valence-electron chi connectivity index (χ1n) is 4.62. The molecule has 1 heterocycles. The molecule has 1 saturated heterocycles. The molecule has 1 rings (SSSR count). The molecule has 0 bridgehead atoms. The first-order chi connectivity index (χ1) is 6.60. The van der Waals surface area contributed by atoms with Crippen LogP contribution in [0.15, 0.2) is 0 Å². The van der Waals surface area contributed by atoms with Crippen LogP contribution in [-0.2, 0) is 14.3 Å². The molecule has 0 saturated carbocycles. The fourth-order valence-electron chi connectivity index (χ4n) is 1.86. The first-order valence-corrected chi connectivity index (χ1v) is 4.62. The Bertz CT molecular complexity index is 238. The van der Waals surface area contributed by atoms with Gasteiger partial charge < -0.3 is 15.2 Å². The number of hydrogen-bond donors (Lipinski definition) is 2. The molecule has 0 atom stereocenters. The molecule has 6 heteroatoms. The van der Waals surface area contributed by atoms with E-state index in [-0.39, 0.29) is 18.8 Å². The van der Waals surface area contributed by atoms with Gasteiger partial charge in [0.05, 0.1) is 18.9 Å². The van der Waals surface area contributed by atoms with Crippen LogP contribution in [0, 0.1) is 5.41 Å². The van der Waals surface area contributed by atoms with Crippen molar-refractivity contribution >= 4 is 24.3 Å². The van der Waals surface area contributed by atoms with Gasteiger partial charge in [-0.2, -0.15) is 0 Å². The fourth-order valence-corrected chi connectivity index (χ4v) is 1.86. The number of nitrogens with one attached hydrogen (secondary N) is 1. The van der Waals surface area contributed by atoms with Crippen LogP contribution in [0.5, 0.6) is 0 Å². The zero-order valence-electron chi connectivity index (χ0n) is 8.62. The van der Waals surface area contributed by atoms with Gasteiger partial charge in [0, 0.05) is 0 Å². The number of aliphatic carboxylic acids is 1. The van der Waals surface area contributed by atoms with Gasteiger partial charge in [0.25, 0.3) is 0 Å². The van der Waals surface area contributed by atoms with E-state index in [2.05, 4.69) is 10.1 Å². The quantitative estimate of drug-likeness (QED) is 0.696. The van der Waals surface area contributed by atoms with Gasteiger partial charge in [-0.05, 0) is 25.9 Å². The average Bonchev–Trinajstić information content (AvgIpc) is 2.17. The van der Waals surface area contributed by atoms with Crippen LogP contribution in [0.2, 0.25) is 0 Å². The molecule has 5 nitrogen and oxygen atoms in total. The van der Waals surface area contributed by atoms with Crippen molar-refractivity contribution in [2.24, 2.45) is 5.41 Å². The average molecular weight is 238 g/mol. The van der Waals surface area contributed by atoms with Gasteiger partial charge in [-0.25, -0.2) is 0 Å². The second-order valence-corrected chi connectivity index (χ2v) is 3.59. The molecule has 2 N–H and O–H groups in total. The van der Waals surface area contributed by atoms with Crippen LogP contribution in [0.1, 0.15) is 19.3 Å². The molecule has 1 fully saturated rings. The van der Waals surface area contributed by atoms with E-state index in [0.717, 1.165) is 0 Å². The maximum Gasteiger partial charge on any atom is 0.312 e. The Morgan fingerprint density at radius 3 is 2.33 bits per heavy atom. The third kappa shape index (κ3) is 3.35. The SMILES string of the molecule is COC(=O)C1(CC(=O)O)CCNCC1.Cl. The van der Waals surface area contributed by atoms with Gasteiger partial charge in [-0.15, -0.1) is 12.4 Å². The summed E-state index contributed by atoms with van der Waals surface area (Å²) in [4.78, 5) is 22.2. The molecular formula is C9H16ClNO4. The highest BCUT2D eigenvalue weighted by molar-refractivity contribution is 5.85. The van der Waals surface area contributed by atoms with Crippen molar-refractivity contribution in [2.45, 2.75) is 19.3 Å². The summed E-state index contributed by atoms with van der Waals surface area (Å²) in [5.41, 5.74) is -0.814. The standard InChI is InChI=1S/C9H15NO4.ClH/c1-14-8(13)9(6-7(11)12)2-4-10-5-3-9;/h10H,2-6H2,1H3,(H,11,12);1H. The van der Waals surface area contributed by atoms with Gasteiger partial charge in [0.15, 0.2) is 0 Å². The smallest absolute Gasteiger partial charge is 0.312 e. The third-order valence-corrected chi connectivity index (χ3v) is 2.67. The first kappa shape index (κ1) is 14.2. The molecule has 0 unspecified atom stereocenters. The van der Waals surface area contributed by atoms with Crippen LogP contribution in [0.25, 0.3) is 0 Å². The van der Waals surface area contributed by atoms with Crippen LogP contribution in [0.3, 0.4) is 0 Å². The minimum atomic E-state index is -0.947. The number of esters is 1. The van der Waals surface area contributed by atoms with Gasteiger partial charge in [0.1, 0.15) is 0 Å². The number of carboxylic acids is 1. The highest BCUT2D eigenvalue weighted by Crippen LogP contribution is 2.33. The molecule has 1 aliphatic heterocycles. The van der Waals surface area contributed by atoms with E-state index in [1.807, 2.05) is 0 Å². The van der Waals surface area contributed by atoms with Crippen molar-refractivity contribution in [2.75, 3.05) is 20.2 Å². The van der Waals surface area contributed by atoms with Gasteiger partial charge >= 0.3 is 11.9 Å². The largest absolute Gasteiger partial charge is 0.481 e. The lowest BCUT2D eigenvalue weighted by Gasteiger charge is -2.33. The third-order valence-electron chi connectivity index (χ3n) is 2.67. The summed E-state index contributed by atoms with van der Waals surface area (Å²) < 4.78 is 4.66. The molecule has 0 aromatic carbocycles. The Kier molecular flexibility index (Phi) is 5.60. The van der Waals surface area contributed by atoms with E-state index in [1.54, 1.807) is 0 Å².